The van der Waals surface area contributed by atoms with Crippen LogP contribution in [0.1, 0.15) is 40.2 Å². The molecule has 1 heterocycles. The summed E-state index contributed by atoms with van der Waals surface area (Å²) in [7, 11) is 0. The molecule has 0 aliphatic rings. The molecule has 1 N–H and O–H groups in total. The molecule has 22 heavy (non-hydrogen) atoms. The molecular formula is C16H21ClN4O. The molecule has 0 atom stereocenters. The summed E-state index contributed by atoms with van der Waals surface area (Å²) in [5, 5.41) is 3.21. The molecule has 0 aliphatic heterocycles. The van der Waals surface area contributed by atoms with Crippen molar-refractivity contribution in [1.82, 2.24) is 15.0 Å². The highest BCUT2D eigenvalue weighted by Gasteiger charge is 2.13. The minimum atomic E-state index is -0.0302. The fraction of sp³-hybridized carbons (Fsp3) is 0.438. The number of ether oxygens (including phenoxy) is 1. The Labute approximate surface area is 136 Å². The van der Waals surface area contributed by atoms with Gasteiger partial charge in [-0.1, -0.05) is 32.9 Å². The second-order valence-electron chi connectivity index (χ2n) is 6.33. The van der Waals surface area contributed by atoms with Crippen molar-refractivity contribution < 1.29 is 4.74 Å². The first-order valence-corrected chi connectivity index (χ1v) is 7.57. The summed E-state index contributed by atoms with van der Waals surface area (Å²) >= 11 is 5.90. The van der Waals surface area contributed by atoms with Crippen molar-refractivity contribution in [3.05, 3.63) is 35.1 Å². The summed E-state index contributed by atoms with van der Waals surface area (Å²) < 4.78 is 5.45. The third kappa shape index (κ3) is 4.56. The zero-order chi connectivity index (χ0) is 16.3. The SMILES string of the molecule is CC(C)Oc1nc(Cl)nc(Nc2ccc(C(C)(C)C)cc2)n1. The van der Waals surface area contributed by atoms with Gasteiger partial charge >= 0.3 is 6.01 Å². The van der Waals surface area contributed by atoms with Crippen LogP contribution < -0.4 is 10.1 Å². The maximum Gasteiger partial charge on any atom is 0.322 e. The third-order valence-electron chi connectivity index (χ3n) is 2.94. The number of anilines is 2. The monoisotopic (exact) mass is 320 g/mol. The molecule has 0 fully saturated rings. The fourth-order valence-corrected chi connectivity index (χ4v) is 1.99. The van der Waals surface area contributed by atoms with Crippen molar-refractivity contribution in [2.75, 3.05) is 5.32 Å². The minimum absolute atomic E-state index is 0.0302. The van der Waals surface area contributed by atoms with Gasteiger partial charge in [0, 0.05) is 5.69 Å². The Bertz CT molecular complexity index is 636. The van der Waals surface area contributed by atoms with E-state index in [2.05, 4.69) is 53.2 Å². The van der Waals surface area contributed by atoms with Gasteiger partial charge in [0.1, 0.15) is 0 Å². The van der Waals surface area contributed by atoms with Gasteiger partial charge in [-0.05, 0) is 48.6 Å². The minimum Gasteiger partial charge on any atom is -0.461 e. The van der Waals surface area contributed by atoms with Crippen molar-refractivity contribution in [2.24, 2.45) is 0 Å². The molecule has 0 spiro atoms. The lowest BCUT2D eigenvalue weighted by molar-refractivity contribution is 0.222. The van der Waals surface area contributed by atoms with Gasteiger partial charge in [0.05, 0.1) is 6.10 Å². The summed E-state index contributed by atoms with van der Waals surface area (Å²) in [5.74, 6) is 0.360. The number of rotatable bonds is 4. The maximum absolute atomic E-state index is 5.90. The van der Waals surface area contributed by atoms with Crippen LogP contribution in [0.4, 0.5) is 11.6 Å². The van der Waals surface area contributed by atoms with Crippen LogP contribution in [-0.4, -0.2) is 21.1 Å². The van der Waals surface area contributed by atoms with Gasteiger partial charge in [0.25, 0.3) is 0 Å². The van der Waals surface area contributed by atoms with Crippen LogP contribution in [-0.2, 0) is 5.41 Å². The van der Waals surface area contributed by atoms with Gasteiger partial charge in [0.15, 0.2) is 0 Å². The van der Waals surface area contributed by atoms with Crippen molar-refractivity contribution >= 4 is 23.2 Å². The molecule has 2 aromatic rings. The first-order chi connectivity index (χ1) is 10.2. The van der Waals surface area contributed by atoms with Gasteiger partial charge in [-0.2, -0.15) is 15.0 Å². The lowest BCUT2D eigenvalue weighted by Crippen LogP contribution is -2.11. The topological polar surface area (TPSA) is 59.9 Å². The molecule has 1 aromatic carbocycles. The van der Waals surface area contributed by atoms with Gasteiger partial charge in [-0.3, -0.25) is 0 Å². The van der Waals surface area contributed by atoms with Crippen LogP contribution in [0.5, 0.6) is 6.01 Å². The molecular weight excluding hydrogens is 300 g/mol. The van der Waals surface area contributed by atoms with Crippen LogP contribution in [0.2, 0.25) is 5.28 Å². The lowest BCUT2D eigenvalue weighted by Gasteiger charge is -2.19. The predicted molar refractivity (Wildman–Crippen MR) is 89.0 cm³/mol. The maximum atomic E-state index is 5.90. The highest BCUT2D eigenvalue weighted by Crippen LogP contribution is 2.24. The Morgan fingerprint density at radius 2 is 1.68 bits per heavy atom. The molecule has 2 rings (SSSR count). The van der Waals surface area contributed by atoms with E-state index in [1.807, 2.05) is 26.0 Å². The Morgan fingerprint density at radius 3 is 2.23 bits per heavy atom. The van der Waals surface area contributed by atoms with Gasteiger partial charge < -0.3 is 10.1 Å². The van der Waals surface area contributed by atoms with E-state index in [1.165, 1.54) is 5.56 Å². The number of hydrogen-bond donors (Lipinski definition) is 1. The predicted octanol–water partition coefficient (Wildman–Crippen LogP) is 4.35. The molecule has 0 aliphatic carbocycles. The summed E-state index contributed by atoms with van der Waals surface area (Å²) in [6.45, 7) is 10.3. The standard InChI is InChI=1S/C16H21ClN4O/c1-10(2)22-15-20-13(17)19-14(21-15)18-12-8-6-11(7-9-12)16(3,4)5/h6-10H,1-5H3,(H,18,19,20,21). The summed E-state index contributed by atoms with van der Waals surface area (Å²) in [4.78, 5) is 12.2. The summed E-state index contributed by atoms with van der Waals surface area (Å²) in [6, 6.07) is 8.35. The van der Waals surface area contributed by atoms with E-state index in [4.69, 9.17) is 16.3 Å². The van der Waals surface area contributed by atoms with Gasteiger partial charge in [0.2, 0.25) is 11.2 Å². The third-order valence-corrected chi connectivity index (χ3v) is 3.10. The number of hydrogen-bond acceptors (Lipinski definition) is 5. The van der Waals surface area contributed by atoms with Crippen LogP contribution in [0, 0.1) is 0 Å². The van der Waals surface area contributed by atoms with E-state index in [1.54, 1.807) is 0 Å². The number of nitrogens with one attached hydrogen (secondary N) is 1. The van der Waals surface area contributed by atoms with Crippen molar-refractivity contribution in [1.29, 1.82) is 0 Å². The Balaban J connectivity index is 2.18. The van der Waals surface area contributed by atoms with Crippen LogP contribution >= 0.6 is 11.6 Å². The van der Waals surface area contributed by atoms with Crippen LogP contribution in [0.25, 0.3) is 0 Å². The molecule has 6 heteroatoms. The highest BCUT2D eigenvalue weighted by atomic mass is 35.5. The average Bonchev–Trinajstić information content (AvgIpc) is 2.36. The van der Waals surface area contributed by atoms with E-state index in [9.17, 15) is 0 Å². The Kier molecular flexibility index (Phi) is 4.86. The molecule has 0 amide bonds. The van der Waals surface area contributed by atoms with Crippen molar-refractivity contribution in [2.45, 2.75) is 46.1 Å². The van der Waals surface area contributed by atoms with E-state index in [-0.39, 0.29) is 22.8 Å². The van der Waals surface area contributed by atoms with Crippen molar-refractivity contribution in [3.8, 4) is 6.01 Å². The molecule has 5 nitrogen and oxygen atoms in total. The van der Waals surface area contributed by atoms with Gasteiger partial charge in [-0.25, -0.2) is 0 Å². The molecule has 0 saturated carbocycles. The molecule has 0 saturated heterocycles. The zero-order valence-corrected chi connectivity index (χ0v) is 14.3. The first kappa shape index (κ1) is 16.5. The number of halogens is 1. The number of nitrogens with zero attached hydrogens (tertiary/aromatic N) is 3. The number of aromatic nitrogens is 3. The smallest absolute Gasteiger partial charge is 0.322 e. The number of benzene rings is 1. The van der Waals surface area contributed by atoms with Gasteiger partial charge in [-0.15, -0.1) is 0 Å². The normalized spacial score (nSPS) is 11.6. The summed E-state index contributed by atoms with van der Waals surface area (Å²) in [5.41, 5.74) is 2.26. The lowest BCUT2D eigenvalue weighted by atomic mass is 9.87. The van der Waals surface area contributed by atoms with E-state index >= 15 is 0 Å². The zero-order valence-electron chi connectivity index (χ0n) is 13.5. The van der Waals surface area contributed by atoms with E-state index < -0.39 is 0 Å². The highest BCUT2D eigenvalue weighted by molar-refractivity contribution is 6.28. The molecule has 0 radical (unpaired) electrons. The summed E-state index contributed by atoms with van der Waals surface area (Å²) in [6.07, 6.45) is -0.0302. The fourth-order valence-electron chi connectivity index (χ4n) is 1.83. The van der Waals surface area contributed by atoms with Crippen LogP contribution in [0.15, 0.2) is 24.3 Å². The molecule has 0 bridgehead atoms. The average molecular weight is 321 g/mol. The quantitative estimate of drug-likeness (QED) is 0.907. The largest absolute Gasteiger partial charge is 0.461 e. The Hall–Kier alpha value is -1.88. The molecule has 118 valence electrons. The second kappa shape index (κ2) is 6.48. The Morgan fingerprint density at radius 1 is 1.05 bits per heavy atom. The van der Waals surface area contributed by atoms with Crippen LogP contribution in [0.3, 0.4) is 0 Å². The first-order valence-electron chi connectivity index (χ1n) is 7.20. The second-order valence-corrected chi connectivity index (χ2v) is 6.67. The molecule has 1 aromatic heterocycles. The molecule has 0 unspecified atom stereocenters. The van der Waals surface area contributed by atoms with Crippen molar-refractivity contribution in [3.63, 3.8) is 0 Å². The van der Waals surface area contributed by atoms with E-state index in [0.717, 1.165) is 5.69 Å². The van der Waals surface area contributed by atoms with E-state index in [0.29, 0.717) is 5.95 Å².